The number of nitrogens with zero attached hydrogens (tertiary/aromatic N) is 2. The predicted octanol–water partition coefficient (Wildman–Crippen LogP) is -0.877. The lowest BCUT2D eigenvalue weighted by Gasteiger charge is -2.29. The molecule has 140 valence electrons. The van der Waals surface area contributed by atoms with Gasteiger partial charge in [0.25, 0.3) is 0 Å². The van der Waals surface area contributed by atoms with Crippen molar-refractivity contribution in [2.24, 2.45) is 5.92 Å². The maximum Gasteiger partial charge on any atom is 0.223 e. The Kier molecular flexibility index (Phi) is 7.89. The summed E-state index contributed by atoms with van der Waals surface area (Å²) in [5.74, 6) is -0.0151. The first kappa shape index (κ1) is 19.6. The minimum atomic E-state index is -3.28. The fourth-order valence-corrected chi connectivity index (χ4v) is 3.77. The lowest BCUT2D eigenvalue weighted by molar-refractivity contribution is -0.127. The number of hydrogen-bond acceptors (Lipinski definition) is 6. The minimum absolute atomic E-state index is 0.0000645. The van der Waals surface area contributed by atoms with Crippen LogP contribution in [0.2, 0.25) is 0 Å². The fourth-order valence-electron chi connectivity index (χ4n) is 2.93. The highest BCUT2D eigenvalue weighted by Gasteiger charge is 2.22. The number of carbonyl (C=O) groups excluding carboxylic acids is 1. The Balaban J connectivity index is 1.73. The van der Waals surface area contributed by atoms with Gasteiger partial charge in [-0.1, -0.05) is 0 Å². The monoisotopic (exact) mass is 363 g/mol. The first-order valence-corrected chi connectivity index (χ1v) is 10.4. The first-order valence-electron chi connectivity index (χ1n) is 8.57. The molecule has 2 aliphatic heterocycles. The van der Waals surface area contributed by atoms with Gasteiger partial charge in [0.05, 0.1) is 19.5 Å². The molecular formula is C15H29N3O5S. The van der Waals surface area contributed by atoms with E-state index in [2.05, 4.69) is 10.2 Å². The van der Waals surface area contributed by atoms with Crippen LogP contribution in [0.15, 0.2) is 0 Å². The Morgan fingerprint density at radius 2 is 1.75 bits per heavy atom. The van der Waals surface area contributed by atoms with Gasteiger partial charge < -0.3 is 14.8 Å². The molecule has 0 spiro atoms. The molecular weight excluding hydrogens is 334 g/mol. The van der Waals surface area contributed by atoms with Crippen molar-refractivity contribution in [2.75, 3.05) is 72.0 Å². The molecule has 24 heavy (non-hydrogen) atoms. The van der Waals surface area contributed by atoms with E-state index in [1.165, 1.54) is 10.6 Å². The van der Waals surface area contributed by atoms with E-state index in [-0.39, 0.29) is 11.8 Å². The highest BCUT2D eigenvalue weighted by Crippen LogP contribution is 2.14. The van der Waals surface area contributed by atoms with Crippen LogP contribution >= 0.6 is 0 Å². The van der Waals surface area contributed by atoms with Crippen LogP contribution < -0.4 is 5.32 Å². The third kappa shape index (κ3) is 6.64. The van der Waals surface area contributed by atoms with Crippen molar-refractivity contribution >= 4 is 15.9 Å². The molecule has 1 N–H and O–H groups in total. The van der Waals surface area contributed by atoms with Crippen molar-refractivity contribution in [2.45, 2.75) is 12.8 Å². The van der Waals surface area contributed by atoms with Crippen LogP contribution in [0.4, 0.5) is 0 Å². The number of hydrogen-bond donors (Lipinski definition) is 1. The van der Waals surface area contributed by atoms with Crippen LogP contribution in [0, 0.1) is 5.92 Å². The summed E-state index contributed by atoms with van der Waals surface area (Å²) in [4.78, 5) is 14.3. The smallest absolute Gasteiger partial charge is 0.223 e. The summed E-state index contributed by atoms with van der Waals surface area (Å²) >= 11 is 0. The third-order valence-electron chi connectivity index (χ3n) is 4.49. The van der Waals surface area contributed by atoms with Gasteiger partial charge in [0, 0.05) is 58.4 Å². The topological polar surface area (TPSA) is 88.2 Å². The van der Waals surface area contributed by atoms with E-state index >= 15 is 0 Å². The molecule has 0 aromatic carbocycles. The second-order valence-corrected chi connectivity index (χ2v) is 8.28. The number of sulfonamides is 1. The van der Waals surface area contributed by atoms with Crippen molar-refractivity contribution in [3.63, 3.8) is 0 Å². The molecule has 0 aromatic heterocycles. The summed E-state index contributed by atoms with van der Waals surface area (Å²) < 4.78 is 35.8. The number of nitrogens with one attached hydrogen (secondary N) is 1. The SMILES string of the molecule is CS(=O)(=O)N(CCNC(=O)C1CCOCC1)CCN1CCOCC1. The summed E-state index contributed by atoms with van der Waals surface area (Å²) in [6.07, 6.45) is 2.68. The highest BCUT2D eigenvalue weighted by atomic mass is 32.2. The van der Waals surface area contributed by atoms with Crippen molar-refractivity contribution in [3.8, 4) is 0 Å². The summed E-state index contributed by atoms with van der Waals surface area (Å²) in [6, 6.07) is 0. The van der Waals surface area contributed by atoms with Crippen molar-refractivity contribution < 1.29 is 22.7 Å². The molecule has 0 aliphatic carbocycles. The Morgan fingerprint density at radius 1 is 1.12 bits per heavy atom. The van der Waals surface area contributed by atoms with Gasteiger partial charge in [0.2, 0.25) is 15.9 Å². The van der Waals surface area contributed by atoms with Gasteiger partial charge in [0.15, 0.2) is 0 Å². The molecule has 9 heteroatoms. The molecule has 2 aliphatic rings. The Hall–Kier alpha value is -0.740. The molecule has 2 saturated heterocycles. The van der Waals surface area contributed by atoms with Crippen LogP contribution in [-0.2, 0) is 24.3 Å². The average molecular weight is 363 g/mol. The zero-order valence-electron chi connectivity index (χ0n) is 14.4. The Labute approximate surface area is 144 Å². The number of carbonyl (C=O) groups is 1. The van der Waals surface area contributed by atoms with Crippen molar-refractivity contribution in [3.05, 3.63) is 0 Å². The molecule has 2 heterocycles. The number of ether oxygens (including phenoxy) is 2. The largest absolute Gasteiger partial charge is 0.381 e. The molecule has 0 unspecified atom stereocenters. The Morgan fingerprint density at radius 3 is 2.38 bits per heavy atom. The second kappa shape index (κ2) is 9.67. The van der Waals surface area contributed by atoms with Crippen LogP contribution in [0.25, 0.3) is 0 Å². The van der Waals surface area contributed by atoms with E-state index in [0.29, 0.717) is 52.6 Å². The normalized spacial score (nSPS) is 21.1. The molecule has 2 rings (SSSR count). The van der Waals surface area contributed by atoms with Gasteiger partial charge in [-0.3, -0.25) is 9.69 Å². The van der Waals surface area contributed by atoms with Crippen molar-refractivity contribution in [1.29, 1.82) is 0 Å². The first-order chi connectivity index (χ1) is 11.5. The van der Waals surface area contributed by atoms with E-state index in [0.717, 1.165) is 25.9 Å². The highest BCUT2D eigenvalue weighted by molar-refractivity contribution is 7.88. The third-order valence-corrected chi connectivity index (χ3v) is 5.79. The maximum absolute atomic E-state index is 12.1. The van der Waals surface area contributed by atoms with Gasteiger partial charge in [-0.2, -0.15) is 4.31 Å². The van der Waals surface area contributed by atoms with E-state index < -0.39 is 10.0 Å². The zero-order valence-corrected chi connectivity index (χ0v) is 15.2. The summed E-state index contributed by atoms with van der Waals surface area (Å²) in [7, 11) is -3.28. The van der Waals surface area contributed by atoms with Gasteiger partial charge in [0.1, 0.15) is 0 Å². The molecule has 0 saturated carbocycles. The molecule has 8 nitrogen and oxygen atoms in total. The summed E-state index contributed by atoms with van der Waals surface area (Å²) in [6.45, 7) is 6.05. The van der Waals surface area contributed by atoms with E-state index in [1.807, 2.05) is 0 Å². The zero-order chi connectivity index (χ0) is 17.4. The molecule has 1 amide bonds. The number of morpholine rings is 1. The van der Waals surface area contributed by atoms with Gasteiger partial charge in [-0.05, 0) is 12.8 Å². The van der Waals surface area contributed by atoms with Crippen LogP contribution in [-0.4, -0.2) is 95.5 Å². The van der Waals surface area contributed by atoms with Gasteiger partial charge in [-0.25, -0.2) is 8.42 Å². The lowest BCUT2D eigenvalue weighted by atomic mass is 9.99. The van der Waals surface area contributed by atoms with E-state index in [4.69, 9.17) is 9.47 Å². The summed E-state index contributed by atoms with van der Waals surface area (Å²) in [5.41, 5.74) is 0. The average Bonchev–Trinajstić information content (AvgIpc) is 2.58. The van der Waals surface area contributed by atoms with Crippen molar-refractivity contribution in [1.82, 2.24) is 14.5 Å². The molecule has 0 atom stereocenters. The lowest BCUT2D eigenvalue weighted by Crippen LogP contribution is -2.45. The van der Waals surface area contributed by atoms with Crippen LogP contribution in [0.1, 0.15) is 12.8 Å². The second-order valence-electron chi connectivity index (χ2n) is 6.29. The molecule has 2 fully saturated rings. The Bertz CT molecular complexity index is 487. The molecule has 0 bridgehead atoms. The van der Waals surface area contributed by atoms with E-state index in [9.17, 15) is 13.2 Å². The number of amides is 1. The standard InChI is InChI=1S/C15H29N3O5S/c1-24(20,21)18(7-6-17-8-12-23-13-9-17)5-4-16-15(19)14-2-10-22-11-3-14/h14H,2-13H2,1H3,(H,16,19). The summed E-state index contributed by atoms with van der Waals surface area (Å²) in [5, 5.41) is 2.86. The quantitative estimate of drug-likeness (QED) is 0.603. The molecule has 0 aromatic rings. The molecule has 0 radical (unpaired) electrons. The maximum atomic E-state index is 12.1. The van der Waals surface area contributed by atoms with Crippen LogP contribution in [0.3, 0.4) is 0 Å². The van der Waals surface area contributed by atoms with E-state index in [1.54, 1.807) is 0 Å². The predicted molar refractivity (Wildman–Crippen MR) is 90.2 cm³/mol. The van der Waals surface area contributed by atoms with Crippen LogP contribution in [0.5, 0.6) is 0 Å². The van der Waals surface area contributed by atoms with Gasteiger partial charge in [-0.15, -0.1) is 0 Å². The van der Waals surface area contributed by atoms with Gasteiger partial charge >= 0.3 is 0 Å². The minimum Gasteiger partial charge on any atom is -0.381 e. The number of rotatable bonds is 8. The fraction of sp³-hybridized carbons (Fsp3) is 0.933.